The average Bonchev–Trinajstić information content (AvgIpc) is 3.53. The summed E-state index contributed by atoms with van der Waals surface area (Å²) >= 11 is 1.86. The average molecular weight is 504 g/mol. The summed E-state index contributed by atoms with van der Waals surface area (Å²) < 4.78 is 4.96. The second kappa shape index (κ2) is 8.37. The lowest BCUT2D eigenvalue weighted by Crippen LogP contribution is -2.02. The fraction of sp³-hybridized carbons (Fsp3) is 0. The lowest BCUT2D eigenvalue weighted by Gasteiger charge is -2.14. The van der Waals surface area contributed by atoms with Crippen LogP contribution in [0.2, 0.25) is 0 Å². The highest BCUT2D eigenvalue weighted by molar-refractivity contribution is 7.27. The van der Waals surface area contributed by atoms with Crippen LogP contribution in [0.3, 0.4) is 0 Å². The molecule has 0 spiro atoms. The topological polar surface area (TPSA) is 30.7 Å². The zero-order chi connectivity index (χ0) is 25.1. The van der Waals surface area contributed by atoms with Crippen LogP contribution < -0.4 is 0 Å². The lowest BCUT2D eigenvalue weighted by atomic mass is 10.1. The summed E-state index contributed by atoms with van der Waals surface area (Å²) in [6.45, 7) is 0. The van der Waals surface area contributed by atoms with Gasteiger partial charge in [0, 0.05) is 26.6 Å². The Labute approximate surface area is 223 Å². The monoisotopic (exact) mass is 503 g/mol. The molecular formula is C34H21N3S. The molecule has 0 aliphatic rings. The van der Waals surface area contributed by atoms with E-state index in [1.165, 1.54) is 36.5 Å². The quantitative estimate of drug-likeness (QED) is 0.240. The molecule has 0 aliphatic carbocycles. The van der Waals surface area contributed by atoms with Gasteiger partial charge in [0.2, 0.25) is 0 Å². The van der Waals surface area contributed by atoms with Gasteiger partial charge in [-0.2, -0.15) is 0 Å². The van der Waals surface area contributed by atoms with E-state index in [1.54, 1.807) is 0 Å². The third-order valence-electron chi connectivity index (χ3n) is 7.26. The van der Waals surface area contributed by atoms with Crippen molar-refractivity contribution in [3.63, 3.8) is 0 Å². The zero-order valence-electron chi connectivity index (χ0n) is 20.4. The van der Waals surface area contributed by atoms with Gasteiger partial charge in [0.15, 0.2) is 5.82 Å². The number of benzene rings is 5. The van der Waals surface area contributed by atoms with Crippen LogP contribution in [0, 0.1) is 0 Å². The second-order valence-electron chi connectivity index (χ2n) is 9.45. The molecule has 0 fully saturated rings. The maximum Gasteiger partial charge on any atom is 0.159 e. The summed E-state index contributed by atoms with van der Waals surface area (Å²) in [6, 6.07) is 42.5. The minimum absolute atomic E-state index is 0.724. The molecule has 4 heteroatoms. The molecule has 38 heavy (non-hydrogen) atoms. The number of aromatic nitrogens is 3. The normalized spacial score (nSPS) is 11.7. The molecule has 8 rings (SSSR count). The van der Waals surface area contributed by atoms with Gasteiger partial charge in [-0.1, -0.05) is 109 Å². The third kappa shape index (κ3) is 3.14. The molecule has 3 aromatic heterocycles. The molecule has 8 aromatic rings. The van der Waals surface area contributed by atoms with Crippen molar-refractivity contribution in [3.05, 3.63) is 128 Å². The number of fused-ring (bicyclic) bond motifs is 7. The number of thiophene rings is 1. The summed E-state index contributed by atoms with van der Waals surface area (Å²) in [7, 11) is 0. The molecule has 0 atom stereocenters. The van der Waals surface area contributed by atoms with Crippen LogP contribution in [0.25, 0.3) is 70.3 Å². The Kier molecular flexibility index (Phi) is 4.69. The highest BCUT2D eigenvalue weighted by Gasteiger charge is 2.22. The van der Waals surface area contributed by atoms with Crippen molar-refractivity contribution in [1.29, 1.82) is 0 Å². The number of para-hydroxylation sites is 1. The first-order chi connectivity index (χ1) is 18.9. The zero-order valence-corrected chi connectivity index (χ0v) is 21.2. The highest BCUT2D eigenvalue weighted by atomic mass is 32.1. The van der Waals surface area contributed by atoms with E-state index in [-0.39, 0.29) is 0 Å². The SMILES string of the molecule is c1ccc(-c2ncc(-n3c4ccccc4c4sc5ccc6ccccc6c5c43)c(-c3ccccc3)n2)cc1. The number of hydrogen-bond donors (Lipinski definition) is 0. The maximum atomic E-state index is 5.18. The lowest BCUT2D eigenvalue weighted by molar-refractivity contribution is 1.09. The van der Waals surface area contributed by atoms with Crippen molar-refractivity contribution >= 4 is 53.3 Å². The number of hydrogen-bond acceptors (Lipinski definition) is 3. The third-order valence-corrected chi connectivity index (χ3v) is 8.43. The van der Waals surface area contributed by atoms with Crippen molar-refractivity contribution < 1.29 is 0 Å². The van der Waals surface area contributed by atoms with Crippen LogP contribution in [0.1, 0.15) is 0 Å². The fourth-order valence-electron chi connectivity index (χ4n) is 5.55. The molecule has 0 radical (unpaired) electrons. The largest absolute Gasteiger partial charge is 0.304 e. The van der Waals surface area contributed by atoms with E-state index in [0.29, 0.717) is 0 Å². The van der Waals surface area contributed by atoms with Gasteiger partial charge in [-0.15, -0.1) is 11.3 Å². The fourth-order valence-corrected chi connectivity index (χ4v) is 6.79. The van der Waals surface area contributed by atoms with Gasteiger partial charge in [0.25, 0.3) is 0 Å². The minimum Gasteiger partial charge on any atom is -0.304 e. The molecule has 5 aromatic carbocycles. The van der Waals surface area contributed by atoms with Gasteiger partial charge < -0.3 is 4.57 Å². The summed E-state index contributed by atoms with van der Waals surface area (Å²) in [5.41, 5.74) is 6.35. The van der Waals surface area contributed by atoms with Crippen LogP contribution in [0.15, 0.2) is 128 Å². The first-order valence-electron chi connectivity index (χ1n) is 12.7. The molecule has 0 saturated heterocycles. The molecule has 0 bridgehead atoms. The Morgan fingerprint density at radius 3 is 2.11 bits per heavy atom. The van der Waals surface area contributed by atoms with Gasteiger partial charge in [-0.3, -0.25) is 0 Å². The van der Waals surface area contributed by atoms with E-state index in [0.717, 1.165) is 33.8 Å². The maximum absolute atomic E-state index is 5.18. The molecule has 178 valence electrons. The molecule has 0 saturated carbocycles. The van der Waals surface area contributed by atoms with Crippen LogP contribution in [-0.4, -0.2) is 14.5 Å². The van der Waals surface area contributed by atoms with Crippen LogP contribution in [-0.2, 0) is 0 Å². The highest BCUT2D eigenvalue weighted by Crippen LogP contribution is 2.45. The molecule has 3 nitrogen and oxygen atoms in total. The standard InChI is InChI=1S/C34H21N3S/c1-3-12-23(13-4-1)31-28(21-35-34(36-31)24-14-5-2-6-15-24)37-27-18-10-9-17-26(27)33-32(37)30-25-16-8-7-11-22(25)19-20-29(30)38-33/h1-21H. The van der Waals surface area contributed by atoms with E-state index in [9.17, 15) is 0 Å². The van der Waals surface area contributed by atoms with Crippen LogP contribution in [0.5, 0.6) is 0 Å². The summed E-state index contributed by atoms with van der Waals surface area (Å²) in [5.74, 6) is 0.724. The Balaban J connectivity index is 1.54. The Morgan fingerprint density at radius 2 is 1.29 bits per heavy atom. The van der Waals surface area contributed by atoms with Gasteiger partial charge in [-0.05, 0) is 22.9 Å². The van der Waals surface area contributed by atoms with E-state index >= 15 is 0 Å². The van der Waals surface area contributed by atoms with E-state index in [4.69, 9.17) is 9.97 Å². The van der Waals surface area contributed by atoms with Crippen molar-refractivity contribution in [2.45, 2.75) is 0 Å². The van der Waals surface area contributed by atoms with E-state index in [1.807, 2.05) is 41.8 Å². The van der Waals surface area contributed by atoms with Crippen molar-refractivity contribution in [2.75, 3.05) is 0 Å². The molecular weight excluding hydrogens is 482 g/mol. The minimum atomic E-state index is 0.724. The van der Waals surface area contributed by atoms with Gasteiger partial charge >= 0.3 is 0 Å². The number of rotatable bonds is 3. The Hall–Kier alpha value is -4.80. The van der Waals surface area contributed by atoms with Crippen molar-refractivity contribution in [3.8, 4) is 28.3 Å². The van der Waals surface area contributed by atoms with Gasteiger partial charge in [0.1, 0.15) is 0 Å². The van der Waals surface area contributed by atoms with Crippen molar-refractivity contribution in [1.82, 2.24) is 14.5 Å². The first kappa shape index (κ1) is 21.3. The number of nitrogens with zero attached hydrogens (tertiary/aromatic N) is 3. The first-order valence-corrected chi connectivity index (χ1v) is 13.5. The molecule has 0 unspecified atom stereocenters. The predicted octanol–water partition coefficient (Wildman–Crippen LogP) is 9.28. The Bertz CT molecular complexity index is 2120. The van der Waals surface area contributed by atoms with Gasteiger partial charge in [0.05, 0.1) is 33.3 Å². The smallest absolute Gasteiger partial charge is 0.159 e. The van der Waals surface area contributed by atoms with Crippen molar-refractivity contribution in [2.24, 2.45) is 0 Å². The second-order valence-corrected chi connectivity index (χ2v) is 10.5. The Morgan fingerprint density at radius 1 is 0.605 bits per heavy atom. The molecule has 0 N–H and O–H groups in total. The predicted molar refractivity (Wildman–Crippen MR) is 160 cm³/mol. The summed E-state index contributed by atoms with van der Waals surface area (Å²) in [6.07, 6.45) is 2.00. The summed E-state index contributed by atoms with van der Waals surface area (Å²) in [4.78, 5) is 10.1. The van der Waals surface area contributed by atoms with Crippen LogP contribution in [0.4, 0.5) is 0 Å². The summed E-state index contributed by atoms with van der Waals surface area (Å²) in [5, 5.41) is 5.04. The molecule has 0 amide bonds. The van der Waals surface area contributed by atoms with Crippen LogP contribution >= 0.6 is 11.3 Å². The van der Waals surface area contributed by atoms with Gasteiger partial charge in [-0.25, -0.2) is 9.97 Å². The van der Waals surface area contributed by atoms with E-state index < -0.39 is 0 Å². The molecule has 0 aliphatic heterocycles. The van der Waals surface area contributed by atoms with E-state index in [2.05, 4.69) is 102 Å². The molecule has 3 heterocycles.